The number of pyridine rings is 1. The third kappa shape index (κ3) is 3.86. The quantitative estimate of drug-likeness (QED) is 0.884. The first kappa shape index (κ1) is 15.9. The molecule has 1 N–H and O–H groups in total. The summed E-state index contributed by atoms with van der Waals surface area (Å²) in [6, 6.07) is 3.10. The number of methoxy groups -OCH3 is 1. The van der Waals surface area contributed by atoms with E-state index in [1.807, 2.05) is 0 Å². The lowest BCUT2D eigenvalue weighted by Crippen LogP contribution is -2.36. The number of nitrogens with zero attached hydrogens (tertiary/aromatic N) is 3. The molecule has 1 saturated heterocycles. The molecule has 6 nitrogen and oxygen atoms in total. The van der Waals surface area contributed by atoms with E-state index in [0.717, 1.165) is 31.7 Å². The van der Waals surface area contributed by atoms with Crippen LogP contribution in [0.25, 0.3) is 5.82 Å². The van der Waals surface area contributed by atoms with Crippen molar-refractivity contribution >= 4 is 5.69 Å². The lowest BCUT2D eigenvalue weighted by Gasteiger charge is -2.30. The van der Waals surface area contributed by atoms with Gasteiger partial charge in [0.1, 0.15) is 0 Å². The van der Waals surface area contributed by atoms with Gasteiger partial charge in [-0.1, -0.05) is 0 Å². The van der Waals surface area contributed by atoms with Crippen molar-refractivity contribution in [2.24, 2.45) is 5.92 Å². The maximum absolute atomic E-state index is 13.8. The van der Waals surface area contributed by atoms with Crippen molar-refractivity contribution in [1.29, 1.82) is 0 Å². The van der Waals surface area contributed by atoms with Crippen molar-refractivity contribution in [3.05, 3.63) is 36.5 Å². The van der Waals surface area contributed by atoms with Gasteiger partial charge < -0.3 is 14.8 Å². The average molecular weight is 320 g/mol. The highest BCUT2D eigenvalue weighted by Crippen LogP contribution is 2.23. The number of rotatable bonds is 6. The predicted molar refractivity (Wildman–Crippen MR) is 84.1 cm³/mol. The van der Waals surface area contributed by atoms with Crippen molar-refractivity contribution < 1.29 is 13.9 Å². The first-order valence-electron chi connectivity index (χ1n) is 7.76. The van der Waals surface area contributed by atoms with E-state index in [9.17, 15) is 4.39 Å². The Hall–Kier alpha value is -1.99. The molecule has 0 aliphatic carbocycles. The van der Waals surface area contributed by atoms with E-state index >= 15 is 0 Å². The summed E-state index contributed by atoms with van der Waals surface area (Å²) in [5, 5.41) is 7.64. The monoisotopic (exact) mass is 320 g/mol. The Bertz CT molecular complexity index is 628. The van der Waals surface area contributed by atoms with E-state index in [0.29, 0.717) is 12.5 Å². The number of ether oxygens (including phenoxy) is 2. The number of halogens is 1. The number of hydrogen-bond donors (Lipinski definition) is 1. The molecule has 1 fully saturated rings. The van der Waals surface area contributed by atoms with Crippen LogP contribution < -0.4 is 5.32 Å². The first-order chi connectivity index (χ1) is 11.3. The van der Waals surface area contributed by atoms with E-state index in [4.69, 9.17) is 9.47 Å². The van der Waals surface area contributed by atoms with E-state index in [2.05, 4.69) is 15.4 Å². The zero-order valence-electron chi connectivity index (χ0n) is 13.1. The van der Waals surface area contributed by atoms with Crippen LogP contribution in [0.3, 0.4) is 0 Å². The summed E-state index contributed by atoms with van der Waals surface area (Å²) in [5.41, 5.74) is 0.823. The fourth-order valence-electron chi connectivity index (χ4n) is 2.87. The summed E-state index contributed by atoms with van der Waals surface area (Å²) in [7, 11) is 1.70. The smallest absolute Gasteiger partial charge is 0.189 e. The van der Waals surface area contributed by atoms with E-state index < -0.39 is 5.82 Å². The van der Waals surface area contributed by atoms with Gasteiger partial charge in [0.15, 0.2) is 11.6 Å². The Balaban J connectivity index is 1.72. The highest BCUT2D eigenvalue weighted by molar-refractivity contribution is 5.42. The van der Waals surface area contributed by atoms with Crippen molar-refractivity contribution in [3.8, 4) is 5.82 Å². The van der Waals surface area contributed by atoms with Crippen molar-refractivity contribution in [2.75, 3.05) is 32.2 Å². The third-order valence-corrected chi connectivity index (χ3v) is 4.07. The Labute approximate surface area is 134 Å². The van der Waals surface area contributed by atoms with E-state index in [1.54, 1.807) is 31.8 Å². The van der Waals surface area contributed by atoms with Crippen LogP contribution in [0, 0.1) is 11.7 Å². The number of aromatic nitrogens is 3. The molecular formula is C16H21FN4O2. The van der Waals surface area contributed by atoms with Gasteiger partial charge in [0.2, 0.25) is 0 Å². The van der Waals surface area contributed by atoms with Gasteiger partial charge >= 0.3 is 0 Å². The molecule has 1 atom stereocenters. The number of anilines is 1. The van der Waals surface area contributed by atoms with Gasteiger partial charge in [-0.05, 0) is 30.9 Å². The lowest BCUT2D eigenvalue weighted by atomic mass is 9.92. The molecule has 0 amide bonds. The summed E-state index contributed by atoms with van der Waals surface area (Å²) in [4.78, 5) is 4.02. The van der Waals surface area contributed by atoms with Gasteiger partial charge in [0, 0.05) is 26.5 Å². The number of nitrogens with one attached hydrogen (secondary N) is 1. The minimum absolute atomic E-state index is 0.176. The van der Waals surface area contributed by atoms with Crippen molar-refractivity contribution in [2.45, 2.75) is 18.9 Å². The van der Waals surface area contributed by atoms with Crippen LogP contribution in [0.4, 0.5) is 10.1 Å². The molecule has 3 rings (SSSR count). The zero-order valence-corrected chi connectivity index (χ0v) is 13.1. The van der Waals surface area contributed by atoms with Crippen LogP contribution in [0.1, 0.15) is 12.8 Å². The summed E-state index contributed by atoms with van der Waals surface area (Å²) in [6.45, 7) is 2.17. The molecule has 0 bridgehead atoms. The van der Waals surface area contributed by atoms with Gasteiger partial charge in [-0.3, -0.25) is 0 Å². The normalized spacial score (nSPS) is 17.1. The van der Waals surface area contributed by atoms with Crippen LogP contribution in [0.2, 0.25) is 0 Å². The topological polar surface area (TPSA) is 61.2 Å². The van der Waals surface area contributed by atoms with E-state index in [-0.39, 0.29) is 11.9 Å². The summed E-state index contributed by atoms with van der Waals surface area (Å²) >= 11 is 0. The molecule has 0 aromatic carbocycles. The molecule has 0 saturated carbocycles. The second-order valence-corrected chi connectivity index (χ2v) is 5.64. The van der Waals surface area contributed by atoms with Gasteiger partial charge in [-0.25, -0.2) is 14.1 Å². The maximum Gasteiger partial charge on any atom is 0.189 e. The highest BCUT2D eigenvalue weighted by atomic mass is 19.1. The molecule has 2 aromatic rings. The summed E-state index contributed by atoms with van der Waals surface area (Å²) in [5.74, 6) is 0.272. The molecule has 124 valence electrons. The lowest BCUT2D eigenvalue weighted by molar-refractivity contribution is 0.0485. The standard InChI is InChI=1S/C16H21FN4O2/c1-22-11-15(12-4-7-23-8-5-12)20-13-9-19-21(10-13)16-14(17)3-2-6-18-16/h2-3,6,9-10,12,15,20H,4-5,7-8,11H2,1H3. The largest absolute Gasteiger partial charge is 0.383 e. The minimum Gasteiger partial charge on any atom is -0.383 e. The van der Waals surface area contributed by atoms with Crippen LogP contribution >= 0.6 is 0 Å². The molecule has 1 aliphatic heterocycles. The van der Waals surface area contributed by atoms with Gasteiger partial charge in [0.25, 0.3) is 0 Å². The van der Waals surface area contributed by atoms with Crippen LogP contribution in [-0.2, 0) is 9.47 Å². The third-order valence-electron chi connectivity index (χ3n) is 4.07. The van der Waals surface area contributed by atoms with Crippen molar-refractivity contribution in [1.82, 2.24) is 14.8 Å². The van der Waals surface area contributed by atoms with Crippen LogP contribution in [0.5, 0.6) is 0 Å². The second kappa shape index (κ2) is 7.52. The van der Waals surface area contributed by atoms with Gasteiger partial charge in [-0.2, -0.15) is 5.10 Å². The Morgan fingerprint density at radius 1 is 1.48 bits per heavy atom. The summed E-state index contributed by atoms with van der Waals surface area (Å²) < 4.78 is 26.0. The first-order valence-corrected chi connectivity index (χ1v) is 7.76. The molecule has 2 aromatic heterocycles. The molecule has 1 unspecified atom stereocenters. The van der Waals surface area contributed by atoms with Crippen LogP contribution in [-0.4, -0.2) is 47.7 Å². The molecule has 0 radical (unpaired) electrons. The van der Waals surface area contributed by atoms with Crippen molar-refractivity contribution in [3.63, 3.8) is 0 Å². The Kier molecular flexibility index (Phi) is 5.19. The predicted octanol–water partition coefficient (Wildman–Crippen LogP) is 2.26. The minimum atomic E-state index is -0.403. The summed E-state index contributed by atoms with van der Waals surface area (Å²) in [6.07, 6.45) is 6.97. The fraction of sp³-hybridized carbons (Fsp3) is 0.500. The van der Waals surface area contributed by atoms with Gasteiger partial charge in [0.05, 0.1) is 30.7 Å². The SMILES string of the molecule is COCC(Nc1cnn(-c2ncccc2F)c1)C1CCOCC1. The molecule has 0 spiro atoms. The fourth-order valence-corrected chi connectivity index (χ4v) is 2.87. The molecular weight excluding hydrogens is 299 g/mol. The average Bonchev–Trinajstić information content (AvgIpc) is 3.04. The molecule has 7 heteroatoms. The number of hydrogen-bond acceptors (Lipinski definition) is 5. The Morgan fingerprint density at radius 2 is 2.30 bits per heavy atom. The van der Waals surface area contributed by atoms with Gasteiger partial charge in [-0.15, -0.1) is 0 Å². The van der Waals surface area contributed by atoms with E-state index in [1.165, 1.54) is 10.7 Å². The zero-order chi connectivity index (χ0) is 16.1. The molecule has 3 heterocycles. The maximum atomic E-state index is 13.8. The van der Waals surface area contributed by atoms with Crippen LogP contribution in [0.15, 0.2) is 30.7 Å². The molecule has 23 heavy (non-hydrogen) atoms. The Morgan fingerprint density at radius 3 is 3.04 bits per heavy atom. The molecule has 1 aliphatic rings. The highest BCUT2D eigenvalue weighted by Gasteiger charge is 2.24. The second-order valence-electron chi connectivity index (χ2n) is 5.64.